The third-order valence-electron chi connectivity index (χ3n) is 8.16. The van der Waals surface area contributed by atoms with E-state index in [0.717, 1.165) is 67.3 Å². The molecule has 0 aliphatic heterocycles. The van der Waals surface area contributed by atoms with Crippen molar-refractivity contribution in [1.29, 1.82) is 0 Å². The number of amides is 1. The molecule has 3 aromatic rings. The monoisotopic (exact) mass is 571 g/mol. The lowest BCUT2D eigenvalue weighted by molar-refractivity contribution is 0.0610. The van der Waals surface area contributed by atoms with Gasteiger partial charge in [0.25, 0.3) is 5.91 Å². The van der Waals surface area contributed by atoms with E-state index in [1.807, 2.05) is 48.5 Å². The van der Waals surface area contributed by atoms with Gasteiger partial charge in [0.2, 0.25) is 0 Å². The minimum absolute atomic E-state index is 0.113. The van der Waals surface area contributed by atoms with Crippen LogP contribution in [-0.4, -0.2) is 50.1 Å². The Bertz CT molecular complexity index is 1520. The van der Waals surface area contributed by atoms with Crippen molar-refractivity contribution in [3.63, 3.8) is 0 Å². The smallest absolute Gasteiger partial charge is 0.336 e. The third kappa shape index (κ3) is 6.15. The molecule has 0 unspecified atom stereocenters. The summed E-state index contributed by atoms with van der Waals surface area (Å²) in [7, 11) is 0. The number of ether oxygens (including phenoxy) is 1. The summed E-state index contributed by atoms with van der Waals surface area (Å²) in [4.78, 5) is 51.9. The van der Waals surface area contributed by atoms with Crippen molar-refractivity contribution >= 4 is 23.8 Å². The third-order valence-corrected chi connectivity index (χ3v) is 8.16. The van der Waals surface area contributed by atoms with Gasteiger partial charge in [-0.2, -0.15) is 0 Å². The first-order chi connectivity index (χ1) is 20.2. The first-order valence-electron chi connectivity index (χ1n) is 14.2. The highest BCUT2D eigenvalue weighted by Gasteiger charge is 2.34. The maximum atomic E-state index is 14.3. The van der Waals surface area contributed by atoms with Crippen molar-refractivity contribution in [3.8, 4) is 5.75 Å². The molecule has 5 rings (SSSR count). The first kappa shape index (κ1) is 28.9. The number of carboxylic acid groups (broad SMARTS) is 3. The normalized spacial score (nSPS) is 16.7. The van der Waals surface area contributed by atoms with Crippen LogP contribution in [0.15, 0.2) is 60.7 Å². The summed E-state index contributed by atoms with van der Waals surface area (Å²) in [5, 5.41) is 29.2. The number of fused-ring (bicyclic) bond motifs is 1. The Balaban J connectivity index is 1.58. The van der Waals surface area contributed by atoms with Crippen LogP contribution in [0, 0.1) is 0 Å². The summed E-state index contributed by atoms with van der Waals surface area (Å²) >= 11 is 0. The minimum atomic E-state index is -1.60. The van der Waals surface area contributed by atoms with Crippen LogP contribution in [0.2, 0.25) is 0 Å². The second kappa shape index (κ2) is 12.5. The van der Waals surface area contributed by atoms with Gasteiger partial charge in [0.15, 0.2) is 0 Å². The molecule has 0 aromatic heterocycles. The molecule has 218 valence electrons. The van der Waals surface area contributed by atoms with Gasteiger partial charge in [-0.15, -0.1) is 0 Å². The molecule has 0 saturated heterocycles. The zero-order valence-corrected chi connectivity index (χ0v) is 23.1. The van der Waals surface area contributed by atoms with Gasteiger partial charge in [-0.3, -0.25) is 4.79 Å². The number of carbonyl (C=O) groups excluding carboxylic acids is 1. The number of hydrogen-bond donors (Lipinski definition) is 3. The fraction of sp³-hybridized carbons (Fsp3) is 0.333. The largest absolute Gasteiger partial charge is 0.490 e. The average Bonchev–Trinajstić information content (AvgIpc) is 2.99. The van der Waals surface area contributed by atoms with E-state index in [1.165, 1.54) is 6.42 Å². The molecule has 1 atom stereocenters. The Morgan fingerprint density at radius 3 is 2.05 bits per heavy atom. The van der Waals surface area contributed by atoms with E-state index in [9.17, 15) is 34.5 Å². The maximum Gasteiger partial charge on any atom is 0.336 e. The quantitative estimate of drug-likeness (QED) is 0.275. The Kier molecular flexibility index (Phi) is 8.56. The molecule has 2 aliphatic carbocycles. The van der Waals surface area contributed by atoms with Crippen LogP contribution in [0.3, 0.4) is 0 Å². The number of aromatic carboxylic acids is 3. The SMILES string of the molecule is O=C(O)c1cc(C(=O)O)c(C(=O)N(Cc2cccc(OC3CCCCC3)c2)[C@H]2CCCc3ccccc32)cc1C(=O)O. The lowest BCUT2D eigenvalue weighted by atomic mass is 9.86. The number of benzene rings is 3. The van der Waals surface area contributed by atoms with E-state index in [0.29, 0.717) is 12.2 Å². The van der Waals surface area contributed by atoms with Crippen molar-refractivity contribution < 1.29 is 39.2 Å². The predicted molar refractivity (Wildman–Crippen MR) is 153 cm³/mol. The van der Waals surface area contributed by atoms with Gasteiger partial charge in [-0.1, -0.05) is 42.8 Å². The Morgan fingerprint density at radius 1 is 0.714 bits per heavy atom. The maximum absolute atomic E-state index is 14.3. The van der Waals surface area contributed by atoms with Crippen LogP contribution in [-0.2, 0) is 13.0 Å². The Labute approximate surface area is 243 Å². The number of carbonyl (C=O) groups is 4. The molecule has 42 heavy (non-hydrogen) atoms. The molecule has 2 aliphatic rings. The number of aryl methyl sites for hydroxylation is 1. The second-order valence-corrected chi connectivity index (χ2v) is 10.9. The molecular formula is C33H33NO8. The van der Waals surface area contributed by atoms with Gasteiger partial charge < -0.3 is 25.0 Å². The van der Waals surface area contributed by atoms with Gasteiger partial charge in [0.1, 0.15) is 5.75 Å². The van der Waals surface area contributed by atoms with E-state index >= 15 is 0 Å². The zero-order valence-electron chi connectivity index (χ0n) is 23.1. The fourth-order valence-electron chi connectivity index (χ4n) is 6.13. The molecule has 9 nitrogen and oxygen atoms in total. The summed E-state index contributed by atoms with van der Waals surface area (Å²) in [5.41, 5.74) is 0.531. The highest BCUT2D eigenvalue weighted by molar-refractivity contribution is 6.10. The van der Waals surface area contributed by atoms with Crippen LogP contribution >= 0.6 is 0 Å². The first-order valence-corrected chi connectivity index (χ1v) is 14.2. The fourth-order valence-corrected chi connectivity index (χ4v) is 6.13. The summed E-state index contributed by atoms with van der Waals surface area (Å²) in [5.74, 6) is -4.68. The lowest BCUT2D eigenvalue weighted by Crippen LogP contribution is -2.37. The van der Waals surface area contributed by atoms with Crippen molar-refractivity contribution in [3.05, 3.63) is 99.6 Å². The van der Waals surface area contributed by atoms with Gasteiger partial charge >= 0.3 is 17.9 Å². The van der Waals surface area contributed by atoms with Crippen LogP contribution < -0.4 is 4.74 Å². The highest BCUT2D eigenvalue weighted by Crippen LogP contribution is 2.37. The molecule has 1 fully saturated rings. The van der Waals surface area contributed by atoms with Crippen molar-refractivity contribution in [2.75, 3.05) is 0 Å². The van der Waals surface area contributed by atoms with Gasteiger partial charge in [-0.05, 0) is 85.9 Å². The number of nitrogens with zero attached hydrogens (tertiary/aromatic N) is 1. The van der Waals surface area contributed by atoms with Gasteiger partial charge in [-0.25, -0.2) is 14.4 Å². The topological polar surface area (TPSA) is 141 Å². The summed E-state index contributed by atoms with van der Waals surface area (Å²) in [6.07, 6.45) is 7.84. The lowest BCUT2D eigenvalue weighted by Gasteiger charge is -2.36. The summed E-state index contributed by atoms with van der Waals surface area (Å²) in [6, 6.07) is 16.5. The predicted octanol–water partition coefficient (Wildman–Crippen LogP) is 6.21. The van der Waals surface area contributed by atoms with E-state index in [1.54, 1.807) is 4.90 Å². The molecule has 0 heterocycles. The second-order valence-electron chi connectivity index (χ2n) is 10.9. The molecule has 9 heteroatoms. The average molecular weight is 572 g/mol. The van der Waals surface area contributed by atoms with E-state index < -0.39 is 46.5 Å². The van der Waals surface area contributed by atoms with Crippen molar-refractivity contribution in [2.24, 2.45) is 0 Å². The van der Waals surface area contributed by atoms with Crippen LogP contribution in [0.4, 0.5) is 0 Å². The minimum Gasteiger partial charge on any atom is -0.490 e. The number of carboxylic acids is 3. The molecule has 1 saturated carbocycles. The molecule has 0 spiro atoms. The van der Waals surface area contributed by atoms with E-state index in [4.69, 9.17) is 4.74 Å². The van der Waals surface area contributed by atoms with Crippen LogP contribution in [0.5, 0.6) is 5.75 Å². The van der Waals surface area contributed by atoms with Crippen molar-refractivity contribution in [1.82, 2.24) is 4.90 Å². The van der Waals surface area contributed by atoms with Gasteiger partial charge in [0, 0.05) is 6.54 Å². The molecule has 1 amide bonds. The zero-order chi connectivity index (χ0) is 29.8. The number of rotatable bonds is 9. The van der Waals surface area contributed by atoms with Crippen molar-refractivity contribution in [2.45, 2.75) is 70.1 Å². The van der Waals surface area contributed by atoms with E-state index in [-0.39, 0.29) is 18.2 Å². The molecular weight excluding hydrogens is 538 g/mol. The van der Waals surface area contributed by atoms with Crippen LogP contribution in [0.25, 0.3) is 0 Å². The number of hydrogen-bond acceptors (Lipinski definition) is 5. The Morgan fingerprint density at radius 2 is 1.36 bits per heavy atom. The Hall–Kier alpha value is -4.66. The molecule has 3 aromatic carbocycles. The van der Waals surface area contributed by atoms with E-state index in [2.05, 4.69) is 0 Å². The molecule has 3 N–H and O–H groups in total. The summed E-state index contributed by atoms with van der Waals surface area (Å²) in [6.45, 7) is 0.113. The van der Waals surface area contributed by atoms with Gasteiger partial charge in [0.05, 0.1) is 34.4 Å². The molecule has 0 bridgehead atoms. The van der Waals surface area contributed by atoms with Crippen LogP contribution in [0.1, 0.15) is 109 Å². The highest BCUT2D eigenvalue weighted by atomic mass is 16.5. The summed E-state index contributed by atoms with van der Waals surface area (Å²) < 4.78 is 6.25. The molecule has 0 radical (unpaired) electrons. The standard InChI is InChI=1S/C33H33NO8/c35-30(25-17-27(32(38)39)28(33(40)41)18-26(25)31(36)37)34(29-15-7-10-21-9-4-5-14-24(21)29)19-20-8-6-13-23(16-20)42-22-11-2-1-3-12-22/h4-6,8-9,13-14,16-18,22,29H,1-3,7,10-12,15,19H2,(H,36,37)(H,38,39)(H,40,41)/t29-/m0/s1.